The third kappa shape index (κ3) is 1.52. The zero-order valence-electron chi connectivity index (χ0n) is 6.77. The van der Waals surface area contributed by atoms with Crippen molar-refractivity contribution in [1.29, 1.82) is 0 Å². The molecule has 1 aromatic rings. The molecule has 6 heteroatoms. The van der Waals surface area contributed by atoms with Crippen LogP contribution in [0.1, 0.15) is 19.7 Å². The van der Waals surface area contributed by atoms with E-state index in [9.17, 15) is 8.78 Å². The molecule has 0 spiro atoms. The quantitative estimate of drug-likeness (QED) is 0.729. The Morgan fingerprint density at radius 3 is 2.58 bits per heavy atom. The Hall–Kier alpha value is -0.780. The van der Waals surface area contributed by atoms with Gasteiger partial charge < -0.3 is 0 Å². The Morgan fingerprint density at radius 2 is 2.25 bits per heavy atom. The minimum absolute atomic E-state index is 0.231. The lowest BCUT2D eigenvalue weighted by Gasteiger charge is -2.09. The van der Waals surface area contributed by atoms with Crippen LogP contribution in [0.2, 0.25) is 0 Å². The predicted octanol–water partition coefficient (Wildman–Crippen LogP) is 2.07. The Balaban J connectivity index is 3.26. The molecule has 12 heavy (non-hydrogen) atoms. The third-order valence-electron chi connectivity index (χ3n) is 1.47. The number of rotatable bonds is 2. The highest BCUT2D eigenvalue weighted by molar-refractivity contribution is 7.71. The van der Waals surface area contributed by atoms with E-state index in [2.05, 4.69) is 10.2 Å². The molecule has 0 fully saturated rings. The molecular weight excluding hydrogens is 184 g/mol. The van der Waals surface area contributed by atoms with Crippen molar-refractivity contribution in [2.45, 2.75) is 26.3 Å². The molecular formula is C6H9F2N3S. The van der Waals surface area contributed by atoms with Crippen LogP contribution in [0.15, 0.2) is 0 Å². The number of H-pyrrole nitrogens is 1. The molecule has 0 amide bonds. The van der Waals surface area contributed by atoms with E-state index in [1.165, 1.54) is 4.57 Å². The summed E-state index contributed by atoms with van der Waals surface area (Å²) in [4.78, 5) is 0. The maximum absolute atomic E-state index is 12.8. The van der Waals surface area contributed by atoms with Crippen molar-refractivity contribution in [3.8, 4) is 0 Å². The molecule has 0 aliphatic heterocycles. The average Bonchev–Trinajstić information content (AvgIpc) is 2.29. The molecule has 1 heterocycles. The van der Waals surface area contributed by atoms with Gasteiger partial charge in [0, 0.05) is 13.5 Å². The fraction of sp³-hybridized carbons (Fsp3) is 0.667. The van der Waals surface area contributed by atoms with E-state index >= 15 is 0 Å². The Kier molecular flexibility index (Phi) is 2.27. The molecule has 0 aliphatic rings. The Morgan fingerprint density at radius 1 is 1.67 bits per heavy atom. The third-order valence-corrected chi connectivity index (χ3v) is 1.78. The van der Waals surface area contributed by atoms with Crippen LogP contribution in [-0.4, -0.2) is 14.8 Å². The van der Waals surface area contributed by atoms with E-state index in [-0.39, 0.29) is 10.6 Å². The number of aromatic amines is 1. The SMILES string of the molecule is CCn1c(C(C)(F)F)n[nH]c1=S. The zero-order valence-corrected chi connectivity index (χ0v) is 7.58. The lowest BCUT2D eigenvalue weighted by atomic mass is 10.3. The van der Waals surface area contributed by atoms with Crippen molar-refractivity contribution >= 4 is 12.2 Å². The smallest absolute Gasteiger partial charge is 0.299 e. The second kappa shape index (κ2) is 2.93. The molecule has 0 bridgehead atoms. The van der Waals surface area contributed by atoms with Crippen LogP contribution in [0.3, 0.4) is 0 Å². The molecule has 0 saturated heterocycles. The highest BCUT2D eigenvalue weighted by Gasteiger charge is 2.30. The summed E-state index contributed by atoms with van der Waals surface area (Å²) in [7, 11) is 0. The lowest BCUT2D eigenvalue weighted by Crippen LogP contribution is -2.15. The molecule has 0 saturated carbocycles. The number of aromatic nitrogens is 3. The van der Waals surface area contributed by atoms with Gasteiger partial charge in [-0.3, -0.25) is 9.67 Å². The van der Waals surface area contributed by atoms with Crippen molar-refractivity contribution < 1.29 is 8.78 Å². The van der Waals surface area contributed by atoms with Crippen molar-refractivity contribution in [3.63, 3.8) is 0 Å². The van der Waals surface area contributed by atoms with Crippen LogP contribution in [-0.2, 0) is 12.5 Å². The zero-order chi connectivity index (χ0) is 9.35. The normalized spacial score (nSPS) is 12.0. The summed E-state index contributed by atoms with van der Waals surface area (Å²) in [5.74, 6) is -3.25. The molecule has 1 N–H and O–H groups in total. The first-order valence-electron chi connectivity index (χ1n) is 3.50. The van der Waals surface area contributed by atoms with Gasteiger partial charge in [-0.1, -0.05) is 0 Å². The minimum Gasteiger partial charge on any atom is -0.299 e. The van der Waals surface area contributed by atoms with Gasteiger partial charge in [-0.2, -0.15) is 13.9 Å². The van der Waals surface area contributed by atoms with Gasteiger partial charge in [0.05, 0.1) is 0 Å². The summed E-state index contributed by atoms with van der Waals surface area (Å²) in [5.41, 5.74) is 0. The number of alkyl halides is 2. The summed E-state index contributed by atoms with van der Waals surface area (Å²) >= 11 is 4.75. The highest BCUT2D eigenvalue weighted by Crippen LogP contribution is 2.24. The van der Waals surface area contributed by atoms with Crippen molar-refractivity contribution in [2.24, 2.45) is 0 Å². The van der Waals surface area contributed by atoms with Crippen molar-refractivity contribution in [3.05, 3.63) is 10.6 Å². The maximum atomic E-state index is 12.8. The van der Waals surface area contributed by atoms with Gasteiger partial charge in [-0.05, 0) is 19.1 Å². The summed E-state index contributed by atoms with van der Waals surface area (Å²) in [5, 5.41) is 5.78. The molecule has 68 valence electrons. The van der Waals surface area contributed by atoms with E-state index in [0.29, 0.717) is 6.54 Å². The number of hydrogen-bond acceptors (Lipinski definition) is 2. The average molecular weight is 193 g/mol. The predicted molar refractivity (Wildman–Crippen MR) is 42.7 cm³/mol. The molecule has 1 aromatic heterocycles. The minimum atomic E-state index is -2.94. The highest BCUT2D eigenvalue weighted by atomic mass is 32.1. The summed E-state index contributed by atoms with van der Waals surface area (Å²) in [6.07, 6.45) is 0. The number of halogens is 2. The standard InChI is InChI=1S/C6H9F2N3S/c1-3-11-4(6(2,7)8)9-10-5(11)12/h3H2,1-2H3,(H,10,12). The fourth-order valence-corrected chi connectivity index (χ4v) is 1.21. The number of nitrogens with one attached hydrogen (secondary N) is 1. The van der Waals surface area contributed by atoms with E-state index in [1.54, 1.807) is 6.92 Å². The number of hydrogen-bond donors (Lipinski definition) is 1. The van der Waals surface area contributed by atoms with Crippen LogP contribution in [0.5, 0.6) is 0 Å². The first-order valence-corrected chi connectivity index (χ1v) is 3.91. The van der Waals surface area contributed by atoms with Crippen LogP contribution in [0, 0.1) is 4.77 Å². The van der Waals surface area contributed by atoms with Gasteiger partial charge in [0.2, 0.25) is 5.82 Å². The van der Waals surface area contributed by atoms with Crippen molar-refractivity contribution in [2.75, 3.05) is 0 Å². The van der Waals surface area contributed by atoms with E-state index in [4.69, 9.17) is 12.2 Å². The van der Waals surface area contributed by atoms with Crippen LogP contribution >= 0.6 is 12.2 Å². The second-order valence-electron chi connectivity index (χ2n) is 2.49. The Bertz CT molecular complexity index is 322. The molecule has 0 atom stereocenters. The van der Waals surface area contributed by atoms with Gasteiger partial charge >= 0.3 is 5.92 Å². The first kappa shape index (κ1) is 9.31. The fourth-order valence-electron chi connectivity index (χ4n) is 0.946. The lowest BCUT2D eigenvalue weighted by molar-refractivity contribution is 0.00377. The Labute approximate surface area is 73.4 Å². The van der Waals surface area contributed by atoms with Gasteiger partial charge in [0.15, 0.2) is 4.77 Å². The van der Waals surface area contributed by atoms with E-state index in [1.807, 2.05) is 0 Å². The summed E-state index contributed by atoms with van der Waals surface area (Å²) in [6.45, 7) is 2.93. The van der Waals surface area contributed by atoms with Crippen LogP contribution in [0.4, 0.5) is 8.78 Å². The van der Waals surface area contributed by atoms with E-state index < -0.39 is 5.92 Å². The summed E-state index contributed by atoms with van der Waals surface area (Å²) in [6, 6.07) is 0. The maximum Gasteiger partial charge on any atom is 0.303 e. The molecule has 3 nitrogen and oxygen atoms in total. The monoisotopic (exact) mass is 193 g/mol. The van der Waals surface area contributed by atoms with Gasteiger partial charge in [0.25, 0.3) is 0 Å². The largest absolute Gasteiger partial charge is 0.303 e. The number of nitrogens with zero attached hydrogens (tertiary/aromatic N) is 2. The topological polar surface area (TPSA) is 33.6 Å². The van der Waals surface area contributed by atoms with Gasteiger partial charge in [-0.15, -0.1) is 0 Å². The molecule has 0 unspecified atom stereocenters. The second-order valence-corrected chi connectivity index (χ2v) is 2.87. The summed E-state index contributed by atoms with van der Waals surface area (Å²) < 4.78 is 27.0. The molecule has 0 aliphatic carbocycles. The first-order chi connectivity index (χ1) is 5.46. The van der Waals surface area contributed by atoms with Gasteiger partial charge in [-0.25, -0.2) is 0 Å². The van der Waals surface area contributed by atoms with Crippen LogP contribution in [0.25, 0.3) is 0 Å². The van der Waals surface area contributed by atoms with Crippen molar-refractivity contribution in [1.82, 2.24) is 14.8 Å². The molecule has 1 rings (SSSR count). The van der Waals surface area contributed by atoms with E-state index in [0.717, 1.165) is 6.92 Å². The molecule has 0 radical (unpaired) electrons. The van der Waals surface area contributed by atoms with Gasteiger partial charge in [0.1, 0.15) is 0 Å². The van der Waals surface area contributed by atoms with Crippen LogP contribution < -0.4 is 0 Å². The molecule has 0 aromatic carbocycles.